The van der Waals surface area contributed by atoms with Gasteiger partial charge in [0.15, 0.2) is 10.9 Å². The third-order valence-corrected chi connectivity index (χ3v) is 9.82. The Kier molecular flexibility index (Phi) is 7.10. The van der Waals surface area contributed by atoms with Crippen LogP contribution in [0, 0.1) is 11.6 Å². The van der Waals surface area contributed by atoms with Gasteiger partial charge in [0.25, 0.3) is 0 Å². The summed E-state index contributed by atoms with van der Waals surface area (Å²) in [5.41, 5.74) is 6.55. The van der Waals surface area contributed by atoms with Crippen LogP contribution in [0.1, 0.15) is 25.7 Å². The number of hydrogen-bond acceptors (Lipinski definition) is 9. The SMILES string of the molecule is C=CC(=O)N1CC(N(c2nc(OCC3CCCN3C)nc3c(F)c(-c4ccc(F)c5sc(N)nc45)c(Cl)cc23)C2CC2)C1. The van der Waals surface area contributed by atoms with Gasteiger partial charge in [-0.2, -0.15) is 9.97 Å². The van der Waals surface area contributed by atoms with E-state index >= 15 is 4.39 Å². The van der Waals surface area contributed by atoms with Crippen LogP contribution in [0.15, 0.2) is 30.9 Å². The molecule has 9 nitrogen and oxygen atoms in total. The summed E-state index contributed by atoms with van der Waals surface area (Å²) in [6, 6.07) is 4.83. The van der Waals surface area contributed by atoms with E-state index in [0.717, 1.165) is 43.6 Å². The van der Waals surface area contributed by atoms with E-state index in [0.29, 0.717) is 36.5 Å². The van der Waals surface area contributed by atoms with Crippen LogP contribution in [0.4, 0.5) is 19.7 Å². The fraction of sp³-hybridized carbons (Fsp3) is 0.400. The first kappa shape index (κ1) is 28.2. The van der Waals surface area contributed by atoms with Crippen molar-refractivity contribution >= 4 is 60.9 Å². The van der Waals surface area contributed by atoms with Gasteiger partial charge in [0.1, 0.15) is 23.8 Å². The van der Waals surface area contributed by atoms with E-state index in [-0.39, 0.29) is 61.5 Å². The number of rotatable bonds is 8. The van der Waals surface area contributed by atoms with Gasteiger partial charge in [-0.05, 0) is 63.6 Å². The number of nitrogens with two attached hydrogens (primary N) is 1. The van der Waals surface area contributed by atoms with Crippen LogP contribution in [0.2, 0.25) is 5.02 Å². The van der Waals surface area contributed by atoms with Crippen molar-refractivity contribution in [2.24, 2.45) is 0 Å². The Hall–Kier alpha value is -3.61. The van der Waals surface area contributed by atoms with Gasteiger partial charge in [-0.15, -0.1) is 0 Å². The minimum Gasteiger partial charge on any atom is -0.462 e. The van der Waals surface area contributed by atoms with E-state index < -0.39 is 11.6 Å². The first-order chi connectivity index (χ1) is 20.7. The second-order valence-corrected chi connectivity index (χ2v) is 12.9. The van der Waals surface area contributed by atoms with Crippen molar-refractivity contribution in [3.63, 3.8) is 0 Å². The van der Waals surface area contributed by atoms with Gasteiger partial charge in [-0.25, -0.2) is 13.8 Å². The maximum atomic E-state index is 16.7. The van der Waals surface area contributed by atoms with Gasteiger partial charge in [-0.1, -0.05) is 29.5 Å². The predicted molar refractivity (Wildman–Crippen MR) is 165 cm³/mol. The van der Waals surface area contributed by atoms with Crippen LogP contribution in [0.5, 0.6) is 6.01 Å². The number of fused-ring (bicyclic) bond motifs is 2. The molecule has 1 unspecified atom stereocenters. The normalized spacial score (nSPS) is 19.3. The summed E-state index contributed by atoms with van der Waals surface area (Å²) in [6.07, 6.45) is 5.28. The van der Waals surface area contributed by atoms with Gasteiger partial charge in [-0.3, -0.25) is 4.79 Å². The lowest BCUT2D eigenvalue weighted by Crippen LogP contribution is -2.61. The molecule has 1 amide bonds. The van der Waals surface area contributed by atoms with Crippen molar-refractivity contribution in [3.05, 3.63) is 47.5 Å². The van der Waals surface area contributed by atoms with Crippen LogP contribution in [0.25, 0.3) is 32.2 Å². The molecule has 224 valence electrons. The Morgan fingerprint density at radius 2 is 2.00 bits per heavy atom. The summed E-state index contributed by atoms with van der Waals surface area (Å²) in [5.74, 6) is -0.781. The van der Waals surface area contributed by atoms with Crippen LogP contribution in [0.3, 0.4) is 0 Å². The van der Waals surface area contributed by atoms with Gasteiger partial charge in [0.2, 0.25) is 5.91 Å². The third kappa shape index (κ3) is 4.95. The number of aromatic nitrogens is 3. The zero-order chi connectivity index (χ0) is 30.0. The molecule has 43 heavy (non-hydrogen) atoms. The van der Waals surface area contributed by atoms with E-state index in [1.807, 2.05) is 0 Å². The lowest BCUT2D eigenvalue weighted by molar-refractivity contribution is -0.130. The molecule has 2 saturated heterocycles. The summed E-state index contributed by atoms with van der Waals surface area (Å²) in [7, 11) is 2.05. The number of benzene rings is 2. The lowest BCUT2D eigenvalue weighted by Gasteiger charge is -2.46. The molecule has 0 radical (unpaired) electrons. The molecular formula is C30H30ClF2N7O2S. The number of nitrogen functional groups attached to an aromatic ring is 1. The molecule has 3 fully saturated rings. The maximum absolute atomic E-state index is 16.7. The number of likely N-dealkylation sites (tertiary alicyclic amines) is 2. The molecule has 4 heterocycles. The number of ether oxygens (including phenoxy) is 1. The molecule has 0 spiro atoms. The number of anilines is 2. The Bertz CT molecular complexity index is 1780. The van der Waals surface area contributed by atoms with Crippen molar-refractivity contribution in [2.45, 2.75) is 43.8 Å². The molecule has 2 aromatic carbocycles. The monoisotopic (exact) mass is 625 g/mol. The topological polar surface area (TPSA) is 101 Å². The second kappa shape index (κ2) is 10.8. The summed E-state index contributed by atoms with van der Waals surface area (Å²) in [5, 5.41) is 0.719. The molecular weight excluding hydrogens is 596 g/mol. The van der Waals surface area contributed by atoms with E-state index in [4.69, 9.17) is 27.1 Å². The summed E-state index contributed by atoms with van der Waals surface area (Å²) in [6.45, 7) is 5.95. The van der Waals surface area contributed by atoms with Crippen molar-refractivity contribution in [1.82, 2.24) is 24.8 Å². The molecule has 2 aliphatic heterocycles. The number of amides is 1. The Morgan fingerprint density at radius 3 is 2.70 bits per heavy atom. The average molecular weight is 626 g/mol. The molecule has 4 aromatic rings. The summed E-state index contributed by atoms with van der Waals surface area (Å²) < 4.78 is 37.7. The highest BCUT2D eigenvalue weighted by Gasteiger charge is 2.43. The zero-order valence-corrected chi connectivity index (χ0v) is 25.1. The molecule has 1 saturated carbocycles. The van der Waals surface area contributed by atoms with Crippen molar-refractivity contribution in [1.29, 1.82) is 0 Å². The minimum atomic E-state index is -0.679. The van der Waals surface area contributed by atoms with Crippen LogP contribution in [-0.4, -0.2) is 82.1 Å². The summed E-state index contributed by atoms with van der Waals surface area (Å²) >= 11 is 7.80. The van der Waals surface area contributed by atoms with E-state index in [2.05, 4.69) is 33.4 Å². The molecule has 7 rings (SSSR count). The average Bonchev–Trinajstić information content (AvgIpc) is 3.59. The Balaban J connectivity index is 1.37. The third-order valence-electron chi connectivity index (χ3n) is 8.63. The van der Waals surface area contributed by atoms with E-state index in [1.165, 1.54) is 18.2 Å². The minimum absolute atomic E-state index is 0.0143. The van der Waals surface area contributed by atoms with Crippen molar-refractivity contribution in [2.75, 3.05) is 43.9 Å². The highest BCUT2D eigenvalue weighted by Crippen LogP contribution is 2.45. The van der Waals surface area contributed by atoms with E-state index in [1.54, 1.807) is 11.0 Å². The first-order valence-electron chi connectivity index (χ1n) is 14.3. The number of thiazole rings is 1. The number of carbonyl (C=O) groups is 1. The Morgan fingerprint density at radius 1 is 1.21 bits per heavy atom. The van der Waals surface area contributed by atoms with Crippen LogP contribution >= 0.6 is 22.9 Å². The molecule has 0 bridgehead atoms. The smallest absolute Gasteiger partial charge is 0.319 e. The van der Waals surface area contributed by atoms with Gasteiger partial charge < -0.3 is 25.2 Å². The number of hydrogen-bond donors (Lipinski definition) is 1. The van der Waals surface area contributed by atoms with Gasteiger partial charge in [0.05, 0.1) is 21.3 Å². The van der Waals surface area contributed by atoms with Crippen molar-refractivity contribution < 1.29 is 18.3 Å². The molecule has 3 aliphatic rings. The lowest BCUT2D eigenvalue weighted by atomic mass is 10.0. The quantitative estimate of drug-likeness (QED) is 0.265. The number of carbonyl (C=O) groups excluding carboxylic acids is 1. The first-order valence-corrected chi connectivity index (χ1v) is 15.5. The number of nitrogens with zero attached hydrogens (tertiary/aromatic N) is 6. The summed E-state index contributed by atoms with van der Waals surface area (Å²) in [4.78, 5) is 32.0. The predicted octanol–water partition coefficient (Wildman–Crippen LogP) is 5.26. The molecule has 2 N–H and O–H groups in total. The second-order valence-electron chi connectivity index (χ2n) is 11.4. The van der Waals surface area contributed by atoms with Gasteiger partial charge in [0, 0.05) is 41.7 Å². The van der Waals surface area contributed by atoms with E-state index in [9.17, 15) is 9.18 Å². The molecule has 13 heteroatoms. The highest BCUT2D eigenvalue weighted by molar-refractivity contribution is 7.22. The molecule has 1 atom stereocenters. The molecule has 1 aliphatic carbocycles. The fourth-order valence-electron chi connectivity index (χ4n) is 6.16. The van der Waals surface area contributed by atoms with Crippen LogP contribution in [-0.2, 0) is 4.79 Å². The fourth-order valence-corrected chi connectivity index (χ4v) is 7.22. The standard InChI is InChI=1S/C30H30ClF2N7O2S/c1-3-22(41)39-12-17(13-39)40(15-6-7-15)28-19-11-20(31)23(18-8-9-21(32)27-26(18)35-29(34)43-27)24(33)25(19)36-30(37-28)42-14-16-5-4-10-38(16)2/h3,8-9,11,15-17H,1,4-7,10,12-14H2,2H3,(H2,34,35). The number of halogens is 3. The Labute approximate surface area is 255 Å². The largest absolute Gasteiger partial charge is 0.462 e. The maximum Gasteiger partial charge on any atom is 0.319 e. The van der Waals surface area contributed by atoms with Crippen LogP contribution < -0.4 is 15.4 Å². The molecule has 2 aromatic heterocycles. The van der Waals surface area contributed by atoms with Crippen molar-refractivity contribution in [3.8, 4) is 17.1 Å². The number of likely N-dealkylation sites (N-methyl/N-ethyl adjacent to an activating group) is 1. The highest BCUT2D eigenvalue weighted by atomic mass is 35.5. The zero-order valence-electron chi connectivity index (χ0n) is 23.5. The van der Waals surface area contributed by atoms with Gasteiger partial charge >= 0.3 is 6.01 Å².